The molecule has 3 aromatic rings. The zero-order valence-electron chi connectivity index (χ0n) is 16.1. The third kappa shape index (κ3) is 4.74. The van der Waals surface area contributed by atoms with Gasteiger partial charge in [0.15, 0.2) is 0 Å². The molecule has 0 unspecified atom stereocenters. The first kappa shape index (κ1) is 19.0. The lowest BCUT2D eigenvalue weighted by molar-refractivity contribution is -0.122. The summed E-state index contributed by atoms with van der Waals surface area (Å²) in [5.41, 5.74) is 2.36. The van der Waals surface area contributed by atoms with Crippen LogP contribution in [0.25, 0.3) is 11.0 Å². The number of imidazole rings is 1. The molecule has 2 N–H and O–H groups in total. The first-order valence-corrected chi connectivity index (χ1v) is 9.89. The van der Waals surface area contributed by atoms with E-state index in [2.05, 4.69) is 15.3 Å². The summed E-state index contributed by atoms with van der Waals surface area (Å²) < 4.78 is 5.57. The van der Waals surface area contributed by atoms with Crippen LogP contribution in [0.2, 0.25) is 0 Å². The molecule has 150 valence electrons. The Morgan fingerprint density at radius 3 is 2.72 bits per heavy atom. The standard InChI is InChI=1S/C22H24N4O3/c27-21(10-13-29-18-4-2-1-3-5-18)25-17-8-11-26(12-9-17)22(28)16-6-7-19-20(14-16)24-15-23-19/h1-7,14-15,17H,8-13H2,(H,23,24)(H,25,27). The number of hydrogen-bond acceptors (Lipinski definition) is 4. The van der Waals surface area contributed by atoms with Gasteiger partial charge in [0.2, 0.25) is 5.91 Å². The smallest absolute Gasteiger partial charge is 0.253 e. The molecule has 0 aliphatic carbocycles. The van der Waals surface area contributed by atoms with E-state index in [4.69, 9.17) is 4.74 Å². The van der Waals surface area contributed by atoms with Crippen LogP contribution in [-0.4, -0.2) is 52.4 Å². The molecule has 2 amide bonds. The second-order valence-electron chi connectivity index (χ2n) is 7.18. The summed E-state index contributed by atoms with van der Waals surface area (Å²) in [6.45, 7) is 1.61. The quantitative estimate of drug-likeness (QED) is 0.675. The van der Waals surface area contributed by atoms with Crippen molar-refractivity contribution < 1.29 is 14.3 Å². The van der Waals surface area contributed by atoms with E-state index in [0.29, 0.717) is 31.7 Å². The average Bonchev–Trinajstić information content (AvgIpc) is 3.22. The van der Waals surface area contributed by atoms with Gasteiger partial charge in [-0.15, -0.1) is 0 Å². The minimum Gasteiger partial charge on any atom is -0.493 e. The monoisotopic (exact) mass is 392 g/mol. The van der Waals surface area contributed by atoms with E-state index in [-0.39, 0.29) is 17.9 Å². The number of likely N-dealkylation sites (tertiary alicyclic amines) is 1. The predicted molar refractivity (Wildman–Crippen MR) is 110 cm³/mol. The summed E-state index contributed by atoms with van der Waals surface area (Å²) >= 11 is 0. The highest BCUT2D eigenvalue weighted by Crippen LogP contribution is 2.17. The highest BCUT2D eigenvalue weighted by Gasteiger charge is 2.24. The second-order valence-corrected chi connectivity index (χ2v) is 7.18. The number of rotatable bonds is 6. The van der Waals surface area contributed by atoms with Crippen LogP contribution in [0.4, 0.5) is 0 Å². The van der Waals surface area contributed by atoms with Crippen LogP contribution in [0.15, 0.2) is 54.9 Å². The molecule has 1 aliphatic heterocycles. The normalized spacial score (nSPS) is 14.7. The fraction of sp³-hybridized carbons (Fsp3) is 0.318. The van der Waals surface area contributed by atoms with E-state index < -0.39 is 0 Å². The van der Waals surface area contributed by atoms with Crippen LogP contribution >= 0.6 is 0 Å². The van der Waals surface area contributed by atoms with Gasteiger partial charge in [0, 0.05) is 24.7 Å². The third-order valence-corrected chi connectivity index (χ3v) is 5.16. The molecule has 2 aromatic carbocycles. The summed E-state index contributed by atoms with van der Waals surface area (Å²) in [6, 6.07) is 15.1. The van der Waals surface area contributed by atoms with Crippen molar-refractivity contribution in [2.45, 2.75) is 25.3 Å². The number of aromatic nitrogens is 2. The van der Waals surface area contributed by atoms with Crippen LogP contribution in [0.5, 0.6) is 5.75 Å². The van der Waals surface area contributed by atoms with Crippen LogP contribution < -0.4 is 10.1 Å². The fourth-order valence-electron chi connectivity index (χ4n) is 3.56. The predicted octanol–water partition coefficient (Wildman–Crippen LogP) is 2.75. The maximum Gasteiger partial charge on any atom is 0.253 e. The number of ether oxygens (including phenoxy) is 1. The van der Waals surface area contributed by atoms with Gasteiger partial charge in [0.25, 0.3) is 5.91 Å². The number of amides is 2. The van der Waals surface area contributed by atoms with Crippen molar-refractivity contribution in [3.63, 3.8) is 0 Å². The highest BCUT2D eigenvalue weighted by atomic mass is 16.5. The highest BCUT2D eigenvalue weighted by molar-refractivity contribution is 5.97. The van der Waals surface area contributed by atoms with Crippen LogP contribution in [-0.2, 0) is 4.79 Å². The Labute approximate surface area is 169 Å². The first-order valence-electron chi connectivity index (χ1n) is 9.89. The maximum absolute atomic E-state index is 12.8. The van der Waals surface area contributed by atoms with E-state index in [1.807, 2.05) is 53.4 Å². The molecule has 0 bridgehead atoms. The molecule has 0 saturated carbocycles. The summed E-state index contributed by atoms with van der Waals surface area (Å²) in [5.74, 6) is 0.762. The van der Waals surface area contributed by atoms with Gasteiger partial charge in [-0.2, -0.15) is 0 Å². The summed E-state index contributed by atoms with van der Waals surface area (Å²) in [5, 5.41) is 3.05. The maximum atomic E-state index is 12.8. The summed E-state index contributed by atoms with van der Waals surface area (Å²) in [6.07, 6.45) is 3.45. The zero-order valence-corrected chi connectivity index (χ0v) is 16.1. The second kappa shape index (κ2) is 8.77. The first-order chi connectivity index (χ1) is 14.2. The van der Waals surface area contributed by atoms with Gasteiger partial charge >= 0.3 is 0 Å². The van der Waals surface area contributed by atoms with E-state index in [9.17, 15) is 9.59 Å². The molecule has 29 heavy (non-hydrogen) atoms. The van der Waals surface area contributed by atoms with Gasteiger partial charge in [-0.3, -0.25) is 9.59 Å². The Balaban J connectivity index is 1.21. The molecule has 1 aromatic heterocycles. The van der Waals surface area contributed by atoms with Crippen molar-refractivity contribution in [1.29, 1.82) is 0 Å². The Morgan fingerprint density at radius 2 is 1.93 bits per heavy atom. The number of benzene rings is 2. The van der Waals surface area contributed by atoms with Gasteiger partial charge in [0.1, 0.15) is 5.75 Å². The Bertz CT molecular complexity index is 978. The van der Waals surface area contributed by atoms with E-state index >= 15 is 0 Å². The molecule has 1 saturated heterocycles. The molecule has 7 heteroatoms. The lowest BCUT2D eigenvalue weighted by Crippen LogP contribution is -2.46. The van der Waals surface area contributed by atoms with Gasteiger partial charge in [-0.25, -0.2) is 4.98 Å². The van der Waals surface area contributed by atoms with Crippen molar-refractivity contribution in [2.24, 2.45) is 0 Å². The van der Waals surface area contributed by atoms with Gasteiger partial charge in [-0.1, -0.05) is 18.2 Å². The molecule has 1 fully saturated rings. The van der Waals surface area contributed by atoms with Gasteiger partial charge in [0.05, 0.1) is 30.4 Å². The van der Waals surface area contributed by atoms with Crippen molar-refractivity contribution in [3.8, 4) is 5.75 Å². The Hall–Kier alpha value is -3.35. The van der Waals surface area contributed by atoms with Crippen molar-refractivity contribution in [3.05, 3.63) is 60.4 Å². The number of carbonyl (C=O) groups excluding carboxylic acids is 2. The number of piperidine rings is 1. The number of carbonyl (C=O) groups is 2. The molecule has 0 spiro atoms. The molecule has 0 radical (unpaired) electrons. The minimum atomic E-state index is -0.0181. The van der Waals surface area contributed by atoms with Crippen molar-refractivity contribution >= 4 is 22.8 Å². The number of aromatic amines is 1. The number of H-pyrrole nitrogens is 1. The topological polar surface area (TPSA) is 87.3 Å². The molecular weight excluding hydrogens is 368 g/mol. The largest absolute Gasteiger partial charge is 0.493 e. The number of nitrogens with zero attached hydrogens (tertiary/aromatic N) is 2. The van der Waals surface area contributed by atoms with E-state index in [1.165, 1.54) is 0 Å². The third-order valence-electron chi connectivity index (χ3n) is 5.16. The molecule has 7 nitrogen and oxygen atoms in total. The van der Waals surface area contributed by atoms with Crippen LogP contribution in [0, 0.1) is 0 Å². The number of fused-ring (bicyclic) bond motifs is 1. The summed E-state index contributed by atoms with van der Waals surface area (Å²) in [7, 11) is 0. The van der Waals surface area contributed by atoms with E-state index in [1.54, 1.807) is 6.33 Å². The SMILES string of the molecule is O=C(CCOc1ccccc1)NC1CCN(C(=O)c2ccc3nc[nH]c3c2)CC1. The molecular formula is C22H24N4O3. The summed E-state index contributed by atoms with van der Waals surface area (Å²) in [4.78, 5) is 34.0. The number of nitrogens with one attached hydrogen (secondary N) is 2. The van der Waals surface area contributed by atoms with Crippen molar-refractivity contribution in [1.82, 2.24) is 20.2 Å². The van der Waals surface area contributed by atoms with Gasteiger partial charge < -0.3 is 19.9 Å². The van der Waals surface area contributed by atoms with Crippen molar-refractivity contribution in [2.75, 3.05) is 19.7 Å². The lowest BCUT2D eigenvalue weighted by atomic mass is 10.0. The number of hydrogen-bond donors (Lipinski definition) is 2. The molecule has 1 aliphatic rings. The van der Waals surface area contributed by atoms with Crippen LogP contribution in [0.1, 0.15) is 29.6 Å². The number of para-hydroxylation sites is 1. The molecule has 2 heterocycles. The average molecular weight is 392 g/mol. The van der Waals surface area contributed by atoms with Crippen LogP contribution in [0.3, 0.4) is 0 Å². The lowest BCUT2D eigenvalue weighted by Gasteiger charge is -2.32. The Kier molecular flexibility index (Phi) is 5.74. The Morgan fingerprint density at radius 1 is 1.14 bits per heavy atom. The van der Waals surface area contributed by atoms with E-state index in [0.717, 1.165) is 29.6 Å². The zero-order chi connectivity index (χ0) is 20.1. The fourth-order valence-corrected chi connectivity index (χ4v) is 3.56. The minimum absolute atomic E-state index is 0.0162. The molecule has 4 rings (SSSR count). The van der Waals surface area contributed by atoms with Gasteiger partial charge in [-0.05, 0) is 43.2 Å². The molecule has 0 atom stereocenters.